The summed E-state index contributed by atoms with van der Waals surface area (Å²) < 4.78 is 0. The van der Waals surface area contributed by atoms with E-state index in [1.165, 1.54) is 4.90 Å². The average molecular weight is 260 g/mol. The Morgan fingerprint density at radius 1 is 1.38 bits per heavy atom. The summed E-state index contributed by atoms with van der Waals surface area (Å²) in [6.45, 7) is 0.774. The van der Waals surface area contributed by atoms with Crippen LogP contribution in [0.2, 0.25) is 0 Å². The van der Waals surface area contributed by atoms with Gasteiger partial charge in [-0.05, 0) is 18.6 Å². The quantitative estimate of drug-likeness (QED) is 0.872. The molecule has 1 saturated heterocycles. The Balaban J connectivity index is 0.00000128. The van der Waals surface area contributed by atoms with Gasteiger partial charge >= 0.3 is 5.97 Å². The Kier molecular flexibility index (Phi) is 5.12. The molecule has 1 aliphatic rings. The number of rotatable bonds is 3. The number of halogens is 1. The number of hydrogen-bond donors (Lipinski definition) is 2. The number of carboxylic acids is 1. The highest BCUT2D eigenvalue weighted by atomic mass is 35.5. The molecule has 3 nitrogen and oxygen atoms in total. The largest absolute Gasteiger partial charge is 0.480 e. The lowest BCUT2D eigenvalue weighted by atomic mass is 10.2. The van der Waals surface area contributed by atoms with Gasteiger partial charge in [0.2, 0.25) is 0 Å². The lowest BCUT2D eigenvalue weighted by Crippen LogP contribution is -2.29. The molecule has 0 aliphatic carbocycles. The second kappa shape index (κ2) is 6.13. The summed E-state index contributed by atoms with van der Waals surface area (Å²) in [5.41, 5.74) is 0. The molecule has 1 aromatic rings. The van der Waals surface area contributed by atoms with Crippen molar-refractivity contribution in [2.24, 2.45) is 0 Å². The highest BCUT2D eigenvalue weighted by Crippen LogP contribution is 2.28. The zero-order valence-corrected chi connectivity index (χ0v) is 10.3. The Hall–Kier alpha value is -0.710. The van der Waals surface area contributed by atoms with Gasteiger partial charge < -0.3 is 10.4 Å². The first-order valence-electron chi connectivity index (χ1n) is 4.93. The third-order valence-corrected chi connectivity index (χ3v) is 3.67. The fourth-order valence-electron chi connectivity index (χ4n) is 1.67. The third kappa shape index (κ3) is 3.40. The molecule has 0 radical (unpaired) electrons. The molecule has 2 atom stereocenters. The van der Waals surface area contributed by atoms with Crippen LogP contribution in [0.25, 0.3) is 0 Å². The van der Waals surface area contributed by atoms with Crippen LogP contribution < -0.4 is 5.32 Å². The van der Waals surface area contributed by atoms with Gasteiger partial charge in [0, 0.05) is 16.7 Å². The number of hydrogen-bond acceptors (Lipinski definition) is 3. The number of thioether (sulfide) groups is 1. The standard InChI is InChI=1S/C11H13NO2S.ClH/c13-11(14)10-6-9(7-12-10)15-8-4-2-1-3-5-8;/h1-5,9-10,12H,6-7H2,(H,13,14);1H. The Bertz CT molecular complexity index is 347. The smallest absolute Gasteiger partial charge is 0.320 e. The van der Waals surface area contributed by atoms with Crippen molar-refractivity contribution >= 4 is 30.1 Å². The van der Waals surface area contributed by atoms with Crippen molar-refractivity contribution < 1.29 is 9.90 Å². The molecule has 16 heavy (non-hydrogen) atoms. The van der Waals surface area contributed by atoms with Crippen LogP contribution in [0, 0.1) is 0 Å². The van der Waals surface area contributed by atoms with E-state index >= 15 is 0 Å². The van der Waals surface area contributed by atoms with Crippen molar-refractivity contribution in [3.63, 3.8) is 0 Å². The van der Waals surface area contributed by atoms with Gasteiger partial charge in [0.15, 0.2) is 0 Å². The van der Waals surface area contributed by atoms with Gasteiger partial charge in [0.05, 0.1) is 0 Å². The van der Waals surface area contributed by atoms with Gasteiger partial charge in [-0.2, -0.15) is 0 Å². The van der Waals surface area contributed by atoms with E-state index in [0.29, 0.717) is 11.7 Å². The van der Waals surface area contributed by atoms with Crippen LogP contribution in [0.3, 0.4) is 0 Å². The predicted octanol–water partition coefficient (Wildman–Crippen LogP) is 2.02. The molecule has 88 valence electrons. The fourth-order valence-corrected chi connectivity index (χ4v) is 2.84. The minimum absolute atomic E-state index is 0. The Morgan fingerprint density at radius 2 is 2.06 bits per heavy atom. The molecule has 0 aromatic heterocycles. The molecule has 2 N–H and O–H groups in total. The van der Waals surface area contributed by atoms with E-state index in [4.69, 9.17) is 5.11 Å². The van der Waals surface area contributed by atoms with Crippen LogP contribution in [0.4, 0.5) is 0 Å². The van der Waals surface area contributed by atoms with Gasteiger partial charge in [0.25, 0.3) is 0 Å². The molecule has 1 aliphatic heterocycles. The van der Waals surface area contributed by atoms with Crippen LogP contribution in [0.5, 0.6) is 0 Å². The van der Waals surface area contributed by atoms with E-state index in [2.05, 4.69) is 17.4 Å². The molecular formula is C11H14ClNO2S. The first kappa shape index (κ1) is 13.4. The molecule has 0 spiro atoms. The minimum Gasteiger partial charge on any atom is -0.480 e. The third-order valence-electron chi connectivity index (χ3n) is 2.43. The summed E-state index contributed by atoms with van der Waals surface area (Å²) in [5, 5.41) is 12.2. The number of nitrogens with one attached hydrogen (secondary N) is 1. The SMILES string of the molecule is Cl.O=C(O)C1CC(Sc2ccccc2)CN1. The lowest BCUT2D eigenvalue weighted by Gasteiger charge is -2.07. The molecule has 2 unspecified atom stereocenters. The van der Waals surface area contributed by atoms with E-state index < -0.39 is 5.97 Å². The fraction of sp³-hybridized carbons (Fsp3) is 0.364. The van der Waals surface area contributed by atoms with Crippen molar-refractivity contribution in [1.29, 1.82) is 0 Å². The van der Waals surface area contributed by atoms with Crippen LogP contribution in [-0.4, -0.2) is 28.9 Å². The van der Waals surface area contributed by atoms with Crippen molar-refractivity contribution in [3.8, 4) is 0 Å². The first-order valence-corrected chi connectivity index (χ1v) is 5.81. The van der Waals surface area contributed by atoms with Crippen LogP contribution in [-0.2, 0) is 4.79 Å². The number of benzene rings is 1. The molecule has 5 heteroatoms. The summed E-state index contributed by atoms with van der Waals surface area (Å²) in [6.07, 6.45) is 0.703. The zero-order chi connectivity index (χ0) is 10.7. The molecule has 1 aromatic carbocycles. The van der Waals surface area contributed by atoms with Crippen LogP contribution in [0.1, 0.15) is 6.42 Å². The van der Waals surface area contributed by atoms with Crippen LogP contribution >= 0.6 is 24.2 Å². The topological polar surface area (TPSA) is 49.3 Å². The highest BCUT2D eigenvalue weighted by Gasteiger charge is 2.29. The van der Waals surface area contributed by atoms with E-state index in [1.54, 1.807) is 11.8 Å². The number of aliphatic carboxylic acids is 1. The number of carbonyl (C=O) groups is 1. The van der Waals surface area contributed by atoms with Gasteiger partial charge in [-0.15, -0.1) is 24.2 Å². The average Bonchev–Trinajstić information content (AvgIpc) is 2.68. The lowest BCUT2D eigenvalue weighted by molar-refractivity contribution is -0.139. The van der Waals surface area contributed by atoms with E-state index in [0.717, 1.165) is 6.54 Å². The van der Waals surface area contributed by atoms with E-state index in [1.807, 2.05) is 18.2 Å². The maximum absolute atomic E-state index is 10.7. The van der Waals surface area contributed by atoms with E-state index in [9.17, 15) is 4.79 Å². The maximum Gasteiger partial charge on any atom is 0.320 e. The molecule has 2 rings (SSSR count). The Labute approximate surface area is 105 Å². The zero-order valence-electron chi connectivity index (χ0n) is 8.63. The van der Waals surface area contributed by atoms with Gasteiger partial charge in [0.1, 0.15) is 6.04 Å². The molecule has 1 heterocycles. The molecular weight excluding hydrogens is 246 g/mol. The second-order valence-corrected chi connectivity index (χ2v) is 4.96. The monoisotopic (exact) mass is 259 g/mol. The first-order chi connectivity index (χ1) is 7.25. The van der Waals surface area contributed by atoms with E-state index in [-0.39, 0.29) is 18.4 Å². The normalized spacial score (nSPS) is 23.8. The predicted molar refractivity (Wildman–Crippen MR) is 67.4 cm³/mol. The maximum atomic E-state index is 10.7. The molecule has 0 bridgehead atoms. The van der Waals surface area contributed by atoms with Gasteiger partial charge in [-0.25, -0.2) is 0 Å². The number of carboxylic acid groups (broad SMARTS) is 1. The summed E-state index contributed by atoms with van der Waals surface area (Å²) in [7, 11) is 0. The minimum atomic E-state index is -0.744. The molecule has 1 fully saturated rings. The van der Waals surface area contributed by atoms with Gasteiger partial charge in [-0.1, -0.05) is 18.2 Å². The molecule has 0 amide bonds. The van der Waals surface area contributed by atoms with Crippen molar-refractivity contribution in [2.75, 3.05) is 6.54 Å². The summed E-state index contributed by atoms with van der Waals surface area (Å²) in [5.74, 6) is -0.744. The highest BCUT2D eigenvalue weighted by molar-refractivity contribution is 8.00. The second-order valence-electron chi connectivity index (χ2n) is 3.59. The van der Waals surface area contributed by atoms with Crippen molar-refractivity contribution in [3.05, 3.63) is 30.3 Å². The van der Waals surface area contributed by atoms with Gasteiger partial charge in [-0.3, -0.25) is 4.79 Å². The summed E-state index contributed by atoms with van der Waals surface area (Å²) in [6, 6.07) is 9.72. The van der Waals surface area contributed by atoms with Crippen molar-refractivity contribution in [2.45, 2.75) is 22.6 Å². The van der Waals surface area contributed by atoms with Crippen LogP contribution in [0.15, 0.2) is 35.2 Å². The Morgan fingerprint density at radius 3 is 2.62 bits per heavy atom. The molecule has 0 saturated carbocycles. The van der Waals surface area contributed by atoms with Crippen molar-refractivity contribution in [1.82, 2.24) is 5.32 Å². The summed E-state index contributed by atoms with van der Waals surface area (Å²) >= 11 is 1.75. The summed E-state index contributed by atoms with van der Waals surface area (Å²) in [4.78, 5) is 11.9.